The third-order valence-corrected chi connectivity index (χ3v) is 4.54. The summed E-state index contributed by atoms with van der Waals surface area (Å²) in [5.41, 5.74) is 2.57. The zero-order chi connectivity index (χ0) is 19.1. The number of carbonyl (C=O) groups is 1. The van der Waals surface area contributed by atoms with Crippen molar-refractivity contribution in [2.75, 3.05) is 0 Å². The lowest BCUT2D eigenvalue weighted by atomic mass is 10.0. The second-order valence-electron chi connectivity index (χ2n) is 6.31. The molecule has 2 aromatic heterocycles. The Kier molecular flexibility index (Phi) is 4.07. The van der Waals surface area contributed by atoms with Crippen LogP contribution in [0.15, 0.2) is 66.9 Å². The van der Waals surface area contributed by atoms with Gasteiger partial charge in [-0.2, -0.15) is 0 Å². The molecule has 27 heavy (non-hydrogen) atoms. The molecule has 5 heteroatoms. The quantitative estimate of drug-likeness (QED) is 0.344. The van der Waals surface area contributed by atoms with Gasteiger partial charge in [-0.1, -0.05) is 35.9 Å². The summed E-state index contributed by atoms with van der Waals surface area (Å²) in [6.07, 6.45) is 1.63. The Hall–Kier alpha value is -3.34. The number of rotatable bonds is 3. The third-order valence-electron chi connectivity index (χ3n) is 4.54. The van der Waals surface area contributed by atoms with Gasteiger partial charge >= 0.3 is 0 Å². The number of benzene rings is 2. The number of aromatic nitrogens is 1. The van der Waals surface area contributed by atoms with E-state index in [-0.39, 0.29) is 5.69 Å². The molecule has 0 saturated heterocycles. The molecule has 0 aliphatic heterocycles. The standard InChI is InChI=1S/C22H14F3NO/c1-13-5-7-14(8-6-13)15-12-19(26-11-3-2-4-18(15)26)22(27)20-16(23)9-10-17(24)21(20)25/h2-12H,1H3. The lowest BCUT2D eigenvalue weighted by Gasteiger charge is -2.05. The smallest absolute Gasteiger partial charge is 0.215 e. The van der Waals surface area contributed by atoms with E-state index in [9.17, 15) is 18.0 Å². The molecular formula is C22H14F3NO. The van der Waals surface area contributed by atoms with Gasteiger partial charge in [-0.3, -0.25) is 4.79 Å². The first-order valence-corrected chi connectivity index (χ1v) is 8.32. The molecule has 134 valence electrons. The number of ketones is 1. The second-order valence-corrected chi connectivity index (χ2v) is 6.31. The molecular weight excluding hydrogens is 351 g/mol. The fourth-order valence-corrected chi connectivity index (χ4v) is 3.16. The zero-order valence-corrected chi connectivity index (χ0v) is 14.3. The third kappa shape index (κ3) is 2.81. The molecule has 2 nitrogen and oxygen atoms in total. The Bertz CT molecular complexity index is 1180. The maximum Gasteiger partial charge on any atom is 0.215 e. The average molecular weight is 365 g/mol. The number of halogens is 3. The summed E-state index contributed by atoms with van der Waals surface area (Å²) in [7, 11) is 0. The first-order chi connectivity index (χ1) is 13.0. The number of carbonyl (C=O) groups excluding carboxylic acids is 1. The molecule has 0 N–H and O–H groups in total. The normalized spacial score (nSPS) is 11.1. The molecule has 0 aliphatic carbocycles. The van der Waals surface area contributed by atoms with E-state index in [1.165, 1.54) is 0 Å². The van der Waals surface area contributed by atoms with Gasteiger partial charge in [-0.15, -0.1) is 0 Å². The molecule has 2 aromatic carbocycles. The van der Waals surface area contributed by atoms with Crippen molar-refractivity contribution in [3.8, 4) is 11.1 Å². The van der Waals surface area contributed by atoms with Crippen molar-refractivity contribution in [3.63, 3.8) is 0 Å². The van der Waals surface area contributed by atoms with Crippen LogP contribution in [-0.2, 0) is 0 Å². The lowest BCUT2D eigenvalue weighted by Crippen LogP contribution is -2.11. The van der Waals surface area contributed by atoms with Crippen LogP contribution in [0, 0.1) is 24.4 Å². The van der Waals surface area contributed by atoms with Gasteiger partial charge in [0.2, 0.25) is 5.78 Å². The highest BCUT2D eigenvalue weighted by molar-refractivity contribution is 6.10. The molecule has 0 saturated carbocycles. The van der Waals surface area contributed by atoms with Crippen LogP contribution in [0.1, 0.15) is 21.6 Å². The molecule has 4 rings (SSSR count). The van der Waals surface area contributed by atoms with Crippen LogP contribution in [0.5, 0.6) is 0 Å². The minimum absolute atomic E-state index is 0.0598. The molecule has 0 spiro atoms. The molecule has 0 amide bonds. The second kappa shape index (κ2) is 6.43. The molecule has 0 fully saturated rings. The van der Waals surface area contributed by atoms with Crippen molar-refractivity contribution >= 4 is 11.3 Å². The summed E-state index contributed by atoms with van der Waals surface area (Å²) in [4.78, 5) is 12.9. The number of hydrogen-bond donors (Lipinski definition) is 0. The van der Waals surface area contributed by atoms with E-state index in [0.29, 0.717) is 11.6 Å². The van der Waals surface area contributed by atoms with Gasteiger partial charge in [-0.25, -0.2) is 13.2 Å². The predicted molar refractivity (Wildman–Crippen MR) is 97.3 cm³/mol. The topological polar surface area (TPSA) is 21.5 Å². The van der Waals surface area contributed by atoms with Crippen molar-refractivity contribution in [3.05, 3.63) is 101 Å². The molecule has 0 atom stereocenters. The fourth-order valence-electron chi connectivity index (χ4n) is 3.16. The van der Waals surface area contributed by atoms with Gasteiger partial charge in [0.15, 0.2) is 11.6 Å². The highest BCUT2D eigenvalue weighted by Crippen LogP contribution is 2.30. The van der Waals surface area contributed by atoms with E-state index < -0.39 is 28.8 Å². The summed E-state index contributed by atoms with van der Waals surface area (Å²) in [6.45, 7) is 1.96. The SMILES string of the molecule is Cc1ccc(-c2cc(C(=O)c3c(F)ccc(F)c3F)n3ccccc23)cc1. The minimum Gasteiger partial charge on any atom is -0.313 e. The Morgan fingerprint density at radius 3 is 2.33 bits per heavy atom. The van der Waals surface area contributed by atoms with Crippen LogP contribution < -0.4 is 0 Å². The van der Waals surface area contributed by atoms with Gasteiger partial charge < -0.3 is 4.40 Å². The predicted octanol–water partition coefficient (Wildman–Crippen LogP) is 5.56. The van der Waals surface area contributed by atoms with E-state index in [2.05, 4.69) is 0 Å². The van der Waals surface area contributed by atoms with Crippen molar-refractivity contribution in [2.45, 2.75) is 6.92 Å². The Morgan fingerprint density at radius 1 is 0.889 bits per heavy atom. The van der Waals surface area contributed by atoms with Crippen LogP contribution in [0.25, 0.3) is 16.6 Å². The van der Waals surface area contributed by atoms with E-state index in [1.807, 2.05) is 43.3 Å². The minimum atomic E-state index is -1.48. The number of hydrogen-bond acceptors (Lipinski definition) is 1. The van der Waals surface area contributed by atoms with Crippen LogP contribution in [0.2, 0.25) is 0 Å². The summed E-state index contributed by atoms with van der Waals surface area (Å²) in [6, 6.07) is 16.0. The molecule has 4 aromatic rings. The summed E-state index contributed by atoms with van der Waals surface area (Å²) >= 11 is 0. The highest BCUT2D eigenvalue weighted by Gasteiger charge is 2.25. The molecule has 0 aliphatic rings. The zero-order valence-electron chi connectivity index (χ0n) is 14.3. The van der Waals surface area contributed by atoms with E-state index in [1.54, 1.807) is 22.7 Å². The summed E-state index contributed by atoms with van der Waals surface area (Å²) in [5, 5.41) is 0. The molecule has 0 bridgehead atoms. The van der Waals surface area contributed by atoms with Crippen molar-refractivity contribution in [2.24, 2.45) is 0 Å². The van der Waals surface area contributed by atoms with Crippen LogP contribution in [-0.4, -0.2) is 10.2 Å². The Balaban J connectivity index is 1.95. The van der Waals surface area contributed by atoms with Crippen LogP contribution in [0.4, 0.5) is 13.2 Å². The fraction of sp³-hybridized carbons (Fsp3) is 0.0455. The van der Waals surface area contributed by atoms with Gasteiger partial charge in [-0.05, 0) is 42.8 Å². The van der Waals surface area contributed by atoms with Crippen LogP contribution in [0.3, 0.4) is 0 Å². The maximum absolute atomic E-state index is 14.1. The van der Waals surface area contributed by atoms with E-state index >= 15 is 0 Å². The Labute approximate surface area is 153 Å². The molecule has 0 radical (unpaired) electrons. The van der Waals surface area contributed by atoms with Gasteiger partial charge in [0.1, 0.15) is 5.82 Å². The van der Waals surface area contributed by atoms with E-state index in [0.717, 1.165) is 22.8 Å². The number of fused-ring (bicyclic) bond motifs is 1. The van der Waals surface area contributed by atoms with Crippen molar-refractivity contribution in [1.29, 1.82) is 0 Å². The first-order valence-electron chi connectivity index (χ1n) is 8.32. The van der Waals surface area contributed by atoms with Crippen LogP contribution >= 0.6 is 0 Å². The summed E-state index contributed by atoms with van der Waals surface area (Å²) < 4.78 is 43.3. The average Bonchev–Trinajstić information content (AvgIpc) is 3.05. The van der Waals surface area contributed by atoms with Gasteiger partial charge in [0.25, 0.3) is 0 Å². The number of nitrogens with zero attached hydrogens (tertiary/aromatic N) is 1. The first kappa shape index (κ1) is 17.1. The van der Waals surface area contributed by atoms with Gasteiger partial charge in [0.05, 0.1) is 16.8 Å². The number of aryl methyl sites for hydroxylation is 1. The largest absolute Gasteiger partial charge is 0.313 e. The molecule has 2 heterocycles. The van der Waals surface area contributed by atoms with E-state index in [4.69, 9.17) is 0 Å². The number of pyridine rings is 1. The monoisotopic (exact) mass is 365 g/mol. The lowest BCUT2D eigenvalue weighted by molar-refractivity contribution is 0.102. The molecule has 0 unspecified atom stereocenters. The Morgan fingerprint density at radius 2 is 1.59 bits per heavy atom. The summed E-state index contributed by atoms with van der Waals surface area (Å²) in [5.74, 6) is -4.76. The highest BCUT2D eigenvalue weighted by atomic mass is 19.2. The van der Waals surface area contributed by atoms with Gasteiger partial charge in [0, 0.05) is 11.8 Å². The van der Waals surface area contributed by atoms with Crippen molar-refractivity contribution < 1.29 is 18.0 Å². The maximum atomic E-state index is 14.1. The van der Waals surface area contributed by atoms with Crippen molar-refractivity contribution in [1.82, 2.24) is 4.40 Å².